The number of rotatable bonds is 9. The summed E-state index contributed by atoms with van der Waals surface area (Å²) in [6.45, 7) is 7.04. The molecule has 20 heavy (non-hydrogen) atoms. The largest absolute Gasteiger partial charge is 0.490 e. The molecule has 1 rings (SSSR count). The van der Waals surface area contributed by atoms with E-state index in [-0.39, 0.29) is 0 Å². The third-order valence-electron chi connectivity index (χ3n) is 2.60. The molecular formula is C16H23NO3. The third-order valence-corrected chi connectivity index (χ3v) is 2.60. The molecular weight excluding hydrogens is 254 g/mol. The van der Waals surface area contributed by atoms with E-state index in [1.807, 2.05) is 25.1 Å². The first-order valence-corrected chi connectivity index (χ1v) is 6.79. The fraction of sp³-hybridized carbons (Fsp3) is 0.500. The fourth-order valence-electron chi connectivity index (χ4n) is 1.64. The Labute approximate surface area is 121 Å². The highest BCUT2D eigenvalue weighted by molar-refractivity contribution is 5.43. The Morgan fingerprint density at radius 2 is 2.05 bits per heavy atom. The molecule has 0 saturated heterocycles. The van der Waals surface area contributed by atoms with E-state index >= 15 is 0 Å². The van der Waals surface area contributed by atoms with E-state index in [1.165, 1.54) is 0 Å². The summed E-state index contributed by atoms with van der Waals surface area (Å²) in [7, 11) is 1.69. The highest BCUT2D eigenvalue weighted by Gasteiger charge is 2.06. The average Bonchev–Trinajstić information content (AvgIpc) is 2.46. The van der Waals surface area contributed by atoms with Gasteiger partial charge in [-0.3, -0.25) is 0 Å². The van der Waals surface area contributed by atoms with Crippen LogP contribution in [-0.4, -0.2) is 33.5 Å². The molecule has 1 aromatic rings. The summed E-state index contributed by atoms with van der Waals surface area (Å²) in [5.41, 5.74) is 1.15. The summed E-state index contributed by atoms with van der Waals surface area (Å²) < 4.78 is 16.2. The lowest BCUT2D eigenvalue weighted by molar-refractivity contribution is 0.199. The van der Waals surface area contributed by atoms with E-state index < -0.39 is 0 Å². The van der Waals surface area contributed by atoms with E-state index in [4.69, 9.17) is 14.2 Å². The maximum Gasteiger partial charge on any atom is 0.162 e. The summed E-state index contributed by atoms with van der Waals surface area (Å²) in [6, 6.07) is 5.95. The predicted octanol–water partition coefficient (Wildman–Crippen LogP) is 2.22. The van der Waals surface area contributed by atoms with E-state index in [0.717, 1.165) is 30.2 Å². The second kappa shape index (κ2) is 10.1. The molecule has 4 nitrogen and oxygen atoms in total. The number of hydrogen-bond donors (Lipinski definition) is 1. The molecule has 110 valence electrons. The fourth-order valence-corrected chi connectivity index (χ4v) is 1.64. The van der Waals surface area contributed by atoms with Crippen molar-refractivity contribution >= 4 is 0 Å². The Morgan fingerprint density at radius 1 is 1.20 bits per heavy atom. The van der Waals surface area contributed by atoms with E-state index in [9.17, 15) is 0 Å². The summed E-state index contributed by atoms with van der Waals surface area (Å²) in [5, 5.41) is 3.30. The Hall–Kier alpha value is -1.70. The zero-order chi connectivity index (χ0) is 14.6. The molecule has 0 aromatic heterocycles. The molecule has 0 saturated carbocycles. The minimum absolute atomic E-state index is 0.377. The van der Waals surface area contributed by atoms with E-state index in [2.05, 4.69) is 17.2 Å². The average molecular weight is 277 g/mol. The lowest BCUT2D eigenvalue weighted by Gasteiger charge is -2.12. The van der Waals surface area contributed by atoms with Crippen LogP contribution in [0.5, 0.6) is 11.5 Å². The molecule has 0 fully saturated rings. The van der Waals surface area contributed by atoms with Gasteiger partial charge in [-0.1, -0.05) is 12.0 Å². The van der Waals surface area contributed by atoms with Crippen molar-refractivity contribution in [2.45, 2.75) is 20.4 Å². The van der Waals surface area contributed by atoms with Crippen LogP contribution >= 0.6 is 0 Å². The van der Waals surface area contributed by atoms with Crippen molar-refractivity contribution < 1.29 is 14.2 Å². The molecule has 0 bridgehead atoms. The zero-order valence-electron chi connectivity index (χ0n) is 12.5. The van der Waals surface area contributed by atoms with Gasteiger partial charge in [-0.2, -0.15) is 0 Å². The van der Waals surface area contributed by atoms with Gasteiger partial charge in [-0.25, -0.2) is 0 Å². The molecule has 0 aliphatic carbocycles. The van der Waals surface area contributed by atoms with Crippen molar-refractivity contribution in [2.24, 2.45) is 0 Å². The standard InChI is InChI=1S/C16H23NO3/c1-4-6-10-20-15-8-7-14(12-16(15)19-5-2)13-17-9-11-18-3/h7-8,12,17H,5,9-11,13H2,1-3H3. The second-order valence-electron chi connectivity index (χ2n) is 4.10. The summed E-state index contributed by atoms with van der Waals surface area (Å²) in [4.78, 5) is 0. The van der Waals surface area contributed by atoms with Gasteiger partial charge in [-0.05, 0) is 31.5 Å². The summed E-state index contributed by atoms with van der Waals surface area (Å²) in [6.07, 6.45) is 0. The maximum absolute atomic E-state index is 5.61. The van der Waals surface area contributed by atoms with Crippen LogP contribution in [0.4, 0.5) is 0 Å². The normalized spacial score (nSPS) is 9.75. The highest BCUT2D eigenvalue weighted by atomic mass is 16.5. The minimum atomic E-state index is 0.377. The number of hydrogen-bond acceptors (Lipinski definition) is 4. The molecule has 0 spiro atoms. The molecule has 0 unspecified atom stereocenters. The SMILES string of the molecule is CC#CCOc1ccc(CNCCOC)cc1OCC. The van der Waals surface area contributed by atoms with Crippen LogP contribution in [0.25, 0.3) is 0 Å². The lowest BCUT2D eigenvalue weighted by Crippen LogP contribution is -2.18. The number of benzene rings is 1. The second-order valence-corrected chi connectivity index (χ2v) is 4.10. The number of ether oxygens (including phenoxy) is 3. The molecule has 0 heterocycles. The quantitative estimate of drug-likeness (QED) is 0.555. The van der Waals surface area contributed by atoms with Gasteiger partial charge in [0.05, 0.1) is 13.2 Å². The van der Waals surface area contributed by atoms with Crippen LogP contribution in [0.15, 0.2) is 18.2 Å². The van der Waals surface area contributed by atoms with Crippen molar-refractivity contribution in [2.75, 3.05) is 33.5 Å². The molecule has 4 heteroatoms. The van der Waals surface area contributed by atoms with E-state index in [1.54, 1.807) is 14.0 Å². The topological polar surface area (TPSA) is 39.7 Å². The summed E-state index contributed by atoms with van der Waals surface area (Å²) >= 11 is 0. The van der Waals surface area contributed by atoms with Crippen LogP contribution in [0.2, 0.25) is 0 Å². The number of nitrogens with one attached hydrogen (secondary N) is 1. The minimum Gasteiger partial charge on any atom is -0.490 e. The van der Waals surface area contributed by atoms with Crippen molar-refractivity contribution in [1.82, 2.24) is 5.32 Å². The molecule has 1 aromatic carbocycles. The van der Waals surface area contributed by atoms with Crippen LogP contribution in [0.1, 0.15) is 19.4 Å². The third kappa shape index (κ3) is 5.96. The predicted molar refractivity (Wildman–Crippen MR) is 80.1 cm³/mol. The van der Waals surface area contributed by atoms with Crippen molar-refractivity contribution in [1.29, 1.82) is 0 Å². The lowest BCUT2D eigenvalue weighted by atomic mass is 10.2. The Bertz CT molecular complexity index is 449. The van der Waals surface area contributed by atoms with Gasteiger partial charge in [0.15, 0.2) is 11.5 Å². The maximum atomic E-state index is 5.61. The van der Waals surface area contributed by atoms with Gasteiger partial charge in [-0.15, -0.1) is 5.92 Å². The van der Waals surface area contributed by atoms with Crippen molar-refractivity contribution in [3.63, 3.8) is 0 Å². The zero-order valence-corrected chi connectivity index (χ0v) is 12.5. The van der Waals surface area contributed by atoms with Gasteiger partial charge in [0, 0.05) is 20.2 Å². The smallest absolute Gasteiger partial charge is 0.162 e. The van der Waals surface area contributed by atoms with Gasteiger partial charge in [0.1, 0.15) is 6.61 Å². The molecule has 0 radical (unpaired) electrons. The van der Waals surface area contributed by atoms with Gasteiger partial charge in [0.25, 0.3) is 0 Å². The van der Waals surface area contributed by atoms with Crippen LogP contribution in [0.3, 0.4) is 0 Å². The first kappa shape index (κ1) is 16.4. The van der Waals surface area contributed by atoms with Gasteiger partial charge >= 0.3 is 0 Å². The molecule has 0 atom stereocenters. The molecule has 1 N–H and O–H groups in total. The first-order chi connectivity index (χ1) is 9.81. The van der Waals surface area contributed by atoms with Crippen LogP contribution in [0, 0.1) is 11.8 Å². The molecule has 0 aliphatic rings. The Kier molecular flexibility index (Phi) is 8.28. The van der Waals surface area contributed by atoms with E-state index in [0.29, 0.717) is 19.8 Å². The van der Waals surface area contributed by atoms with Gasteiger partial charge in [0.2, 0.25) is 0 Å². The summed E-state index contributed by atoms with van der Waals surface area (Å²) in [5.74, 6) is 7.17. The highest BCUT2D eigenvalue weighted by Crippen LogP contribution is 2.28. The Balaban J connectivity index is 2.64. The molecule has 0 amide bonds. The van der Waals surface area contributed by atoms with Crippen molar-refractivity contribution in [3.8, 4) is 23.3 Å². The van der Waals surface area contributed by atoms with Gasteiger partial charge < -0.3 is 19.5 Å². The monoisotopic (exact) mass is 277 g/mol. The Morgan fingerprint density at radius 3 is 2.75 bits per heavy atom. The van der Waals surface area contributed by atoms with Crippen LogP contribution in [-0.2, 0) is 11.3 Å². The number of methoxy groups -OCH3 is 1. The van der Waals surface area contributed by atoms with Crippen LogP contribution < -0.4 is 14.8 Å². The van der Waals surface area contributed by atoms with Crippen molar-refractivity contribution in [3.05, 3.63) is 23.8 Å². The molecule has 0 aliphatic heterocycles. The first-order valence-electron chi connectivity index (χ1n) is 6.79.